The Labute approximate surface area is 312 Å². The molecule has 1 aliphatic carbocycles. The first-order valence-electron chi connectivity index (χ1n) is 19.1. The molecule has 5 aliphatic rings. The Balaban J connectivity index is 0.979. The molecule has 286 valence electrons. The van der Waals surface area contributed by atoms with E-state index in [2.05, 4.69) is 39.0 Å². The predicted octanol–water partition coefficient (Wildman–Crippen LogP) is 4.27. The van der Waals surface area contributed by atoms with Crippen molar-refractivity contribution in [1.29, 1.82) is 0 Å². The molecule has 4 fully saturated rings. The van der Waals surface area contributed by atoms with Crippen molar-refractivity contribution >= 4 is 33.6 Å². The van der Waals surface area contributed by atoms with Gasteiger partial charge in [0.05, 0.1) is 41.9 Å². The van der Waals surface area contributed by atoms with Gasteiger partial charge in [0, 0.05) is 30.1 Å². The molecule has 1 unspecified atom stereocenters. The fourth-order valence-electron chi connectivity index (χ4n) is 8.36. The fraction of sp³-hybridized carbons (Fsp3) is 0.658. The molecule has 52 heavy (non-hydrogen) atoms. The maximum atomic E-state index is 13.7. The summed E-state index contributed by atoms with van der Waals surface area (Å²) in [5.41, 5.74) is 1.94. The number of rotatable bonds is 14. The number of thioether (sulfide) groups is 1. The summed E-state index contributed by atoms with van der Waals surface area (Å²) in [4.78, 5) is 19.2. The van der Waals surface area contributed by atoms with Crippen molar-refractivity contribution in [2.24, 2.45) is 11.8 Å². The first kappa shape index (κ1) is 37.9. The number of likely N-dealkylation sites (tertiary alicyclic amines) is 1. The number of aliphatic hydroxyl groups is 1. The minimum absolute atomic E-state index is 0.0245. The van der Waals surface area contributed by atoms with Crippen LogP contribution in [0.4, 0.5) is 10.5 Å². The van der Waals surface area contributed by atoms with E-state index >= 15 is 0 Å². The molecule has 4 heterocycles. The Morgan fingerprint density at radius 2 is 1.81 bits per heavy atom. The number of hydrogen-bond donors (Lipinski definition) is 4. The van der Waals surface area contributed by atoms with Gasteiger partial charge in [-0.1, -0.05) is 68.8 Å². The molecular formula is C38H55N5O7S2. The van der Waals surface area contributed by atoms with E-state index in [4.69, 9.17) is 14.2 Å². The maximum absolute atomic E-state index is 13.7. The zero-order chi connectivity index (χ0) is 36.2. The van der Waals surface area contributed by atoms with Crippen molar-refractivity contribution in [3.8, 4) is 0 Å². The van der Waals surface area contributed by atoms with Crippen LogP contribution in [0.5, 0.6) is 0 Å². The number of alkyl carbamates (subject to hydrolysis) is 1. The van der Waals surface area contributed by atoms with Gasteiger partial charge in [-0.15, -0.1) is 0 Å². The summed E-state index contributed by atoms with van der Waals surface area (Å²) in [6, 6.07) is 15.1. The highest BCUT2D eigenvalue weighted by atomic mass is 32.2. The monoisotopic (exact) mass is 757 g/mol. The van der Waals surface area contributed by atoms with Gasteiger partial charge in [-0.05, 0) is 81.3 Å². The molecule has 3 saturated heterocycles. The number of carbonyl (C=O) groups is 1. The lowest BCUT2D eigenvalue weighted by Gasteiger charge is -2.38. The number of piperidine rings is 1. The van der Waals surface area contributed by atoms with Crippen molar-refractivity contribution in [2.45, 2.75) is 117 Å². The lowest BCUT2D eigenvalue weighted by molar-refractivity contribution is -0.0907. The van der Waals surface area contributed by atoms with Crippen LogP contribution in [0.25, 0.3) is 0 Å². The van der Waals surface area contributed by atoms with E-state index in [-0.39, 0.29) is 42.2 Å². The third-order valence-corrected chi connectivity index (χ3v) is 13.8. The van der Waals surface area contributed by atoms with E-state index in [9.17, 15) is 18.3 Å². The summed E-state index contributed by atoms with van der Waals surface area (Å²) >= 11 is 1.67. The highest BCUT2D eigenvalue weighted by Crippen LogP contribution is 2.44. The largest absolute Gasteiger partial charge is 0.443 e. The molecule has 4 N–H and O–H groups in total. The van der Waals surface area contributed by atoms with Crippen LogP contribution in [0.1, 0.15) is 64.4 Å². The number of aliphatic hydroxyl groups excluding tert-OH is 1. The standard InChI is InChI=1S/C38H55N5O7S2/c1-25(2)23-43-32-13-12-29(21-35(32)51-37(43)40-27-14-17-42(18-15-27)28-10-6-7-11-28)52(46,47)39-22-33(44)31(20-26-8-4-3-5-9-26)41-38(45)50-34-24-49-36-30(34)16-19-48-36/h3-5,8-9,12-13,21,25,27-28,30-31,33-34,36-37,39-40,44H,6-7,10-11,14-20,22-24H2,1-2H3,(H,41,45)/t30-,31-,33+,34-,36+,37?/m0/s1. The van der Waals surface area contributed by atoms with Gasteiger partial charge in [-0.25, -0.2) is 17.9 Å². The summed E-state index contributed by atoms with van der Waals surface area (Å²) < 4.78 is 46.8. The SMILES string of the molecule is CC(C)CN1c2ccc(S(=O)(=O)NC[C@@H](O)[C@H](Cc3ccccc3)NC(=O)O[C@H]3CO[C@H]4OCC[C@H]43)cc2SC1NC1CCN(C2CCCC2)CC1. The van der Waals surface area contributed by atoms with Gasteiger partial charge in [-0.2, -0.15) is 0 Å². The van der Waals surface area contributed by atoms with Crippen LogP contribution in [0.15, 0.2) is 58.3 Å². The number of fused-ring (bicyclic) bond motifs is 2. The summed E-state index contributed by atoms with van der Waals surface area (Å²) in [6.45, 7) is 8.04. The van der Waals surface area contributed by atoms with Gasteiger partial charge in [0.1, 0.15) is 11.6 Å². The quantitative estimate of drug-likeness (QED) is 0.220. The Morgan fingerprint density at radius 3 is 2.56 bits per heavy atom. The molecule has 14 heteroatoms. The first-order chi connectivity index (χ1) is 25.1. The average Bonchev–Trinajstić information content (AvgIpc) is 3.95. The van der Waals surface area contributed by atoms with Crippen molar-refractivity contribution < 1.29 is 32.5 Å². The molecular weight excluding hydrogens is 703 g/mol. The second kappa shape index (κ2) is 16.9. The van der Waals surface area contributed by atoms with E-state index in [1.165, 1.54) is 25.7 Å². The molecule has 2 aromatic rings. The van der Waals surface area contributed by atoms with Gasteiger partial charge >= 0.3 is 6.09 Å². The Kier molecular flexibility index (Phi) is 12.3. The van der Waals surface area contributed by atoms with Crippen molar-refractivity contribution in [3.05, 3.63) is 54.1 Å². The summed E-state index contributed by atoms with van der Waals surface area (Å²) in [7, 11) is -3.98. The van der Waals surface area contributed by atoms with Crippen molar-refractivity contribution in [3.63, 3.8) is 0 Å². The third-order valence-electron chi connectivity index (χ3n) is 11.2. The number of ether oxygens (including phenoxy) is 3. The molecule has 7 rings (SSSR count). The number of carbonyl (C=O) groups excluding carboxylic acids is 1. The van der Waals surface area contributed by atoms with Crippen molar-refractivity contribution in [1.82, 2.24) is 20.3 Å². The Hall–Kier alpha value is -2.43. The number of amides is 1. The number of nitrogens with one attached hydrogen (secondary N) is 3. The van der Waals surface area contributed by atoms with Crippen LogP contribution in [-0.2, 0) is 30.7 Å². The van der Waals surface area contributed by atoms with Gasteiger partial charge in [0.25, 0.3) is 0 Å². The lowest BCUT2D eigenvalue weighted by Crippen LogP contribution is -2.52. The minimum Gasteiger partial charge on any atom is -0.443 e. The number of sulfonamides is 1. The van der Waals surface area contributed by atoms with E-state index < -0.39 is 34.4 Å². The molecule has 4 aliphatic heterocycles. The molecule has 0 aromatic heterocycles. The zero-order valence-corrected chi connectivity index (χ0v) is 32.0. The third kappa shape index (κ3) is 9.08. The smallest absolute Gasteiger partial charge is 0.407 e. The van der Waals surface area contributed by atoms with Gasteiger partial charge in [0.2, 0.25) is 10.0 Å². The maximum Gasteiger partial charge on any atom is 0.407 e. The van der Waals surface area contributed by atoms with E-state index in [1.54, 1.807) is 23.9 Å². The predicted molar refractivity (Wildman–Crippen MR) is 201 cm³/mol. The number of hydrogen-bond acceptors (Lipinski definition) is 11. The van der Waals surface area contributed by atoms with Crippen LogP contribution in [0.3, 0.4) is 0 Å². The number of nitrogens with zero attached hydrogens (tertiary/aromatic N) is 2. The molecule has 1 saturated carbocycles. The molecule has 12 nitrogen and oxygen atoms in total. The van der Waals surface area contributed by atoms with E-state index in [0.29, 0.717) is 18.6 Å². The fourth-order valence-corrected chi connectivity index (χ4v) is 10.8. The van der Waals surface area contributed by atoms with Crippen LogP contribution in [0.2, 0.25) is 0 Å². The molecule has 0 spiro atoms. The van der Waals surface area contributed by atoms with Gasteiger partial charge < -0.3 is 34.4 Å². The van der Waals surface area contributed by atoms with E-state index in [0.717, 1.165) is 61.1 Å². The summed E-state index contributed by atoms with van der Waals surface area (Å²) in [6.07, 6.45) is 5.92. The normalized spacial score (nSPS) is 26.8. The van der Waals surface area contributed by atoms with Gasteiger partial charge in [-0.3, -0.25) is 5.32 Å². The Morgan fingerprint density at radius 1 is 1.04 bits per heavy atom. The second-order valence-corrected chi connectivity index (χ2v) is 18.3. The van der Waals surface area contributed by atoms with Crippen LogP contribution in [0, 0.1) is 11.8 Å². The van der Waals surface area contributed by atoms with Gasteiger partial charge in [0.15, 0.2) is 6.29 Å². The highest BCUT2D eigenvalue weighted by Gasteiger charge is 2.44. The molecule has 6 atom stereocenters. The first-order valence-corrected chi connectivity index (χ1v) is 21.5. The number of benzene rings is 2. The minimum atomic E-state index is -3.98. The summed E-state index contributed by atoms with van der Waals surface area (Å²) in [5.74, 6) is 0.407. The molecule has 0 bridgehead atoms. The van der Waals surface area contributed by atoms with Crippen LogP contribution >= 0.6 is 11.8 Å². The molecule has 1 amide bonds. The molecule has 0 radical (unpaired) electrons. The van der Waals surface area contributed by atoms with E-state index in [1.807, 2.05) is 36.4 Å². The van der Waals surface area contributed by atoms with Crippen LogP contribution in [-0.4, -0.2) is 106 Å². The lowest BCUT2D eigenvalue weighted by atomic mass is 10.0. The summed E-state index contributed by atoms with van der Waals surface area (Å²) in [5, 5.41) is 18.0. The van der Waals surface area contributed by atoms with Crippen LogP contribution < -0.4 is 20.3 Å². The topological polar surface area (TPSA) is 142 Å². The zero-order valence-electron chi connectivity index (χ0n) is 30.3. The highest BCUT2D eigenvalue weighted by molar-refractivity contribution is 8.00. The van der Waals surface area contributed by atoms with Crippen molar-refractivity contribution in [2.75, 3.05) is 44.3 Å². The number of anilines is 1. The molecule has 2 aromatic carbocycles. The Bertz CT molecular complexity index is 1600. The second-order valence-electron chi connectivity index (χ2n) is 15.4. The average molecular weight is 758 g/mol.